The fourth-order valence-corrected chi connectivity index (χ4v) is 5.05. The second-order valence-corrected chi connectivity index (χ2v) is 9.30. The summed E-state index contributed by atoms with van der Waals surface area (Å²) in [6, 6.07) is 6.15. The Kier molecular flexibility index (Phi) is 7.55. The standard InChI is InChI=1S/C21H27FN4O4S/c1-3-26(4-2)31(28,29)19-11-5-15(6-12-19)20(27)25-17-7-9-18(10-8-17)30-21-23-13-16(22)14-24-21/h5-6,11-14,17-18H,3-4,7-10H2,1-2H3,(H,25,27). The van der Waals surface area contributed by atoms with Crippen molar-refractivity contribution in [2.75, 3.05) is 13.1 Å². The van der Waals surface area contributed by atoms with Crippen molar-refractivity contribution in [3.8, 4) is 6.01 Å². The van der Waals surface area contributed by atoms with Crippen LogP contribution in [0.5, 0.6) is 6.01 Å². The lowest BCUT2D eigenvalue weighted by Gasteiger charge is -2.28. The number of carbonyl (C=O) groups is 1. The molecule has 0 atom stereocenters. The van der Waals surface area contributed by atoms with Crippen molar-refractivity contribution in [1.82, 2.24) is 19.6 Å². The van der Waals surface area contributed by atoms with Crippen LogP contribution in [-0.4, -0.2) is 53.8 Å². The van der Waals surface area contributed by atoms with Gasteiger partial charge in [-0.05, 0) is 49.9 Å². The molecule has 0 radical (unpaired) electrons. The number of nitrogens with zero attached hydrogens (tertiary/aromatic N) is 3. The van der Waals surface area contributed by atoms with Crippen LogP contribution in [0.1, 0.15) is 49.9 Å². The van der Waals surface area contributed by atoms with Gasteiger partial charge < -0.3 is 10.1 Å². The summed E-state index contributed by atoms with van der Waals surface area (Å²) in [7, 11) is -3.55. The number of amides is 1. The SMILES string of the molecule is CCN(CC)S(=O)(=O)c1ccc(C(=O)NC2CCC(Oc3ncc(F)cn3)CC2)cc1. The highest BCUT2D eigenvalue weighted by atomic mass is 32.2. The van der Waals surface area contributed by atoms with Crippen molar-refractivity contribution in [1.29, 1.82) is 0 Å². The molecular formula is C21H27FN4O4S. The molecule has 1 saturated carbocycles. The first-order valence-corrected chi connectivity index (χ1v) is 11.8. The first kappa shape index (κ1) is 23.1. The third kappa shape index (κ3) is 5.76. The van der Waals surface area contributed by atoms with E-state index in [1.165, 1.54) is 28.6 Å². The predicted molar refractivity (Wildman–Crippen MR) is 113 cm³/mol. The Morgan fingerprint density at radius 1 is 1.10 bits per heavy atom. The van der Waals surface area contributed by atoms with E-state index in [4.69, 9.17) is 4.74 Å². The molecule has 0 aliphatic heterocycles. The van der Waals surface area contributed by atoms with E-state index in [1.807, 2.05) is 0 Å². The van der Waals surface area contributed by atoms with Crippen LogP contribution < -0.4 is 10.1 Å². The number of hydrogen-bond acceptors (Lipinski definition) is 6. The quantitative estimate of drug-likeness (QED) is 0.664. The van der Waals surface area contributed by atoms with Crippen LogP contribution in [0.25, 0.3) is 0 Å². The highest BCUT2D eigenvalue weighted by Gasteiger charge is 2.25. The Labute approximate surface area is 181 Å². The molecule has 1 aliphatic carbocycles. The Bertz CT molecular complexity index is 971. The minimum atomic E-state index is -3.55. The Balaban J connectivity index is 1.52. The second-order valence-electron chi connectivity index (χ2n) is 7.36. The zero-order valence-electron chi connectivity index (χ0n) is 17.6. The van der Waals surface area contributed by atoms with E-state index in [2.05, 4.69) is 15.3 Å². The van der Waals surface area contributed by atoms with E-state index >= 15 is 0 Å². The Morgan fingerprint density at radius 2 is 1.68 bits per heavy atom. The molecule has 10 heteroatoms. The molecule has 31 heavy (non-hydrogen) atoms. The van der Waals surface area contributed by atoms with E-state index < -0.39 is 15.8 Å². The van der Waals surface area contributed by atoms with E-state index in [0.717, 1.165) is 25.2 Å². The van der Waals surface area contributed by atoms with Crippen molar-refractivity contribution in [3.63, 3.8) is 0 Å². The summed E-state index contributed by atoms with van der Waals surface area (Å²) in [6.45, 7) is 4.35. The first-order chi connectivity index (χ1) is 14.8. The normalized spacial score (nSPS) is 19.2. The number of nitrogens with one attached hydrogen (secondary N) is 1. The molecule has 1 aromatic carbocycles. The summed E-state index contributed by atoms with van der Waals surface area (Å²) >= 11 is 0. The molecule has 8 nitrogen and oxygen atoms in total. The molecule has 2 aromatic rings. The fourth-order valence-electron chi connectivity index (χ4n) is 3.59. The molecule has 0 saturated heterocycles. The lowest BCUT2D eigenvalue weighted by molar-refractivity contribution is 0.0885. The van der Waals surface area contributed by atoms with Gasteiger partial charge >= 0.3 is 6.01 Å². The predicted octanol–water partition coefficient (Wildman–Crippen LogP) is 2.77. The van der Waals surface area contributed by atoms with Crippen LogP contribution in [-0.2, 0) is 10.0 Å². The molecule has 168 valence electrons. The molecule has 0 unspecified atom stereocenters. The summed E-state index contributed by atoms with van der Waals surface area (Å²) in [5.41, 5.74) is 0.414. The molecule has 1 fully saturated rings. The van der Waals surface area contributed by atoms with E-state index in [-0.39, 0.29) is 29.0 Å². The summed E-state index contributed by atoms with van der Waals surface area (Å²) in [4.78, 5) is 20.3. The molecule has 1 N–H and O–H groups in total. The van der Waals surface area contributed by atoms with E-state index in [1.54, 1.807) is 13.8 Å². The highest BCUT2D eigenvalue weighted by molar-refractivity contribution is 7.89. The van der Waals surface area contributed by atoms with Crippen molar-refractivity contribution in [2.45, 2.75) is 56.6 Å². The van der Waals surface area contributed by atoms with Crippen LogP contribution in [0.15, 0.2) is 41.6 Å². The smallest absolute Gasteiger partial charge is 0.316 e. The van der Waals surface area contributed by atoms with Gasteiger partial charge in [0.05, 0.1) is 17.3 Å². The van der Waals surface area contributed by atoms with Crippen molar-refractivity contribution < 1.29 is 22.3 Å². The number of benzene rings is 1. The average Bonchev–Trinajstić information content (AvgIpc) is 2.77. The Morgan fingerprint density at radius 3 is 2.23 bits per heavy atom. The summed E-state index contributed by atoms with van der Waals surface area (Å²) in [5.74, 6) is -0.754. The van der Waals surface area contributed by atoms with Gasteiger partial charge in [0.2, 0.25) is 10.0 Å². The second kappa shape index (κ2) is 10.1. The molecule has 3 rings (SSSR count). The van der Waals surface area contributed by atoms with Crippen LogP contribution in [0.2, 0.25) is 0 Å². The molecule has 1 heterocycles. The lowest BCUT2D eigenvalue weighted by Crippen LogP contribution is -2.39. The zero-order valence-corrected chi connectivity index (χ0v) is 18.4. The van der Waals surface area contributed by atoms with Gasteiger partial charge in [0.15, 0.2) is 5.82 Å². The van der Waals surface area contributed by atoms with Crippen LogP contribution >= 0.6 is 0 Å². The monoisotopic (exact) mass is 450 g/mol. The van der Waals surface area contributed by atoms with Crippen LogP contribution in [0.3, 0.4) is 0 Å². The number of rotatable bonds is 8. The third-order valence-electron chi connectivity index (χ3n) is 5.34. The minimum absolute atomic E-state index is 0.000527. The first-order valence-electron chi connectivity index (χ1n) is 10.4. The van der Waals surface area contributed by atoms with Gasteiger partial charge in [0.1, 0.15) is 6.10 Å². The number of aromatic nitrogens is 2. The van der Waals surface area contributed by atoms with Gasteiger partial charge in [-0.25, -0.2) is 22.8 Å². The van der Waals surface area contributed by atoms with Gasteiger partial charge in [-0.1, -0.05) is 13.8 Å². The molecule has 0 spiro atoms. The number of ether oxygens (including phenoxy) is 1. The average molecular weight is 451 g/mol. The Hall–Kier alpha value is -2.59. The maximum absolute atomic E-state index is 12.9. The number of sulfonamides is 1. The molecule has 1 amide bonds. The number of carbonyl (C=O) groups excluding carboxylic acids is 1. The van der Waals surface area contributed by atoms with Crippen molar-refractivity contribution in [2.24, 2.45) is 0 Å². The van der Waals surface area contributed by atoms with Crippen LogP contribution in [0, 0.1) is 5.82 Å². The minimum Gasteiger partial charge on any atom is -0.460 e. The van der Waals surface area contributed by atoms with Crippen LogP contribution in [0.4, 0.5) is 4.39 Å². The van der Waals surface area contributed by atoms with Crippen molar-refractivity contribution in [3.05, 3.63) is 48.0 Å². The van der Waals surface area contributed by atoms with Crippen molar-refractivity contribution >= 4 is 15.9 Å². The van der Waals surface area contributed by atoms with Gasteiger partial charge in [0, 0.05) is 24.7 Å². The molecular weight excluding hydrogens is 423 g/mol. The van der Waals surface area contributed by atoms with E-state index in [0.29, 0.717) is 31.5 Å². The summed E-state index contributed by atoms with van der Waals surface area (Å²) < 4.78 is 45.0. The summed E-state index contributed by atoms with van der Waals surface area (Å²) in [5, 5.41) is 3.00. The number of halogens is 1. The largest absolute Gasteiger partial charge is 0.460 e. The zero-order chi connectivity index (χ0) is 22.4. The maximum Gasteiger partial charge on any atom is 0.316 e. The number of hydrogen-bond donors (Lipinski definition) is 1. The van der Waals surface area contributed by atoms with Gasteiger partial charge in [-0.2, -0.15) is 4.31 Å². The van der Waals surface area contributed by atoms with Gasteiger partial charge in [-0.15, -0.1) is 0 Å². The maximum atomic E-state index is 12.9. The molecule has 1 aromatic heterocycles. The highest BCUT2D eigenvalue weighted by Crippen LogP contribution is 2.23. The van der Waals surface area contributed by atoms with Gasteiger partial charge in [-0.3, -0.25) is 4.79 Å². The third-order valence-corrected chi connectivity index (χ3v) is 7.40. The van der Waals surface area contributed by atoms with E-state index in [9.17, 15) is 17.6 Å². The summed E-state index contributed by atoms with van der Waals surface area (Å²) in [6.07, 6.45) is 4.93. The topological polar surface area (TPSA) is 101 Å². The lowest BCUT2D eigenvalue weighted by atomic mass is 9.92. The molecule has 1 aliphatic rings. The van der Waals surface area contributed by atoms with Gasteiger partial charge in [0.25, 0.3) is 5.91 Å². The fraction of sp³-hybridized carbons (Fsp3) is 0.476. The molecule has 0 bridgehead atoms.